The Labute approximate surface area is 108 Å². The van der Waals surface area contributed by atoms with Crippen molar-refractivity contribution in [3.63, 3.8) is 0 Å². The highest BCUT2D eigenvalue weighted by atomic mass is 35.5. The van der Waals surface area contributed by atoms with Gasteiger partial charge >= 0.3 is 0 Å². The third-order valence-electron chi connectivity index (χ3n) is 2.48. The highest BCUT2D eigenvalue weighted by Crippen LogP contribution is 2.23. The van der Waals surface area contributed by atoms with Crippen LogP contribution in [0.4, 0.5) is 11.5 Å². The van der Waals surface area contributed by atoms with E-state index in [1.165, 1.54) is 0 Å². The summed E-state index contributed by atoms with van der Waals surface area (Å²) in [6.45, 7) is 1.83. The van der Waals surface area contributed by atoms with Crippen LogP contribution in [0.25, 0.3) is 11.2 Å². The quantitative estimate of drug-likeness (QED) is 0.742. The van der Waals surface area contributed by atoms with Crippen LogP contribution in [-0.2, 0) is 0 Å². The summed E-state index contributed by atoms with van der Waals surface area (Å²) in [7, 11) is 0. The zero-order valence-electron chi connectivity index (χ0n) is 9.61. The van der Waals surface area contributed by atoms with E-state index in [4.69, 9.17) is 11.6 Å². The van der Waals surface area contributed by atoms with E-state index >= 15 is 0 Å². The Kier molecular flexibility index (Phi) is 2.60. The van der Waals surface area contributed by atoms with Gasteiger partial charge in [0.15, 0.2) is 11.5 Å². The third-order valence-corrected chi connectivity index (χ3v) is 2.72. The third kappa shape index (κ3) is 2.00. The second-order valence-electron chi connectivity index (χ2n) is 3.86. The molecule has 0 bridgehead atoms. The van der Waals surface area contributed by atoms with Crippen LogP contribution in [-0.4, -0.2) is 19.9 Å². The van der Waals surface area contributed by atoms with Gasteiger partial charge in [0.05, 0.1) is 6.33 Å². The first-order valence-corrected chi connectivity index (χ1v) is 5.80. The molecule has 18 heavy (non-hydrogen) atoms. The van der Waals surface area contributed by atoms with Gasteiger partial charge in [0.1, 0.15) is 11.3 Å². The summed E-state index contributed by atoms with van der Waals surface area (Å²) < 4.78 is 0. The number of hydrogen-bond acceptors (Lipinski definition) is 4. The van der Waals surface area contributed by atoms with E-state index in [0.717, 1.165) is 11.2 Å². The number of anilines is 2. The monoisotopic (exact) mass is 259 g/mol. The van der Waals surface area contributed by atoms with Crippen LogP contribution in [0.15, 0.2) is 30.6 Å². The maximum Gasteiger partial charge on any atom is 0.183 e. The first-order valence-electron chi connectivity index (χ1n) is 5.43. The average Bonchev–Trinajstić information content (AvgIpc) is 2.77. The van der Waals surface area contributed by atoms with Crippen molar-refractivity contribution in [3.05, 3.63) is 41.4 Å². The Morgan fingerprint density at radius 3 is 3.00 bits per heavy atom. The van der Waals surface area contributed by atoms with Crippen LogP contribution in [0.5, 0.6) is 0 Å². The molecule has 2 aromatic heterocycles. The summed E-state index contributed by atoms with van der Waals surface area (Å²) in [4.78, 5) is 15.7. The topological polar surface area (TPSA) is 66.5 Å². The highest BCUT2D eigenvalue weighted by Gasteiger charge is 2.08. The first kappa shape index (κ1) is 11.0. The molecule has 2 N–H and O–H groups in total. The lowest BCUT2D eigenvalue weighted by atomic mass is 10.3. The molecule has 0 unspecified atom stereocenters. The van der Waals surface area contributed by atoms with Gasteiger partial charge in [0.25, 0.3) is 0 Å². The fraction of sp³-hybridized carbons (Fsp3) is 0.0833. The van der Waals surface area contributed by atoms with Gasteiger partial charge in [-0.2, -0.15) is 0 Å². The molecule has 0 fully saturated rings. The lowest BCUT2D eigenvalue weighted by Gasteiger charge is -2.07. The van der Waals surface area contributed by atoms with E-state index in [1.54, 1.807) is 6.33 Å². The number of aromatic amines is 1. The van der Waals surface area contributed by atoms with E-state index in [9.17, 15) is 0 Å². The van der Waals surface area contributed by atoms with Crippen molar-refractivity contribution >= 4 is 34.3 Å². The summed E-state index contributed by atoms with van der Waals surface area (Å²) in [6, 6.07) is 7.46. The van der Waals surface area contributed by atoms with Crippen LogP contribution < -0.4 is 5.32 Å². The van der Waals surface area contributed by atoms with Gasteiger partial charge < -0.3 is 10.3 Å². The molecule has 0 aliphatic heterocycles. The smallest absolute Gasteiger partial charge is 0.183 e. The number of rotatable bonds is 2. The summed E-state index contributed by atoms with van der Waals surface area (Å²) in [5, 5.41) is 3.88. The number of hydrogen-bond donors (Lipinski definition) is 2. The van der Waals surface area contributed by atoms with Gasteiger partial charge in [-0.25, -0.2) is 15.0 Å². The van der Waals surface area contributed by atoms with Gasteiger partial charge in [-0.1, -0.05) is 17.7 Å². The molecule has 0 atom stereocenters. The zero-order valence-corrected chi connectivity index (χ0v) is 10.4. The molecule has 90 valence electrons. The standard InChI is InChI=1S/C12H10ClN5/c1-7-16-11-10(14-6-15-11)12(17-7)18-9-4-2-3-8(13)5-9/h2-6H,1H3,(H2,14,15,16,17,18). The minimum absolute atomic E-state index is 0.645. The van der Waals surface area contributed by atoms with Crippen LogP contribution in [0.2, 0.25) is 5.02 Å². The molecule has 2 heterocycles. The molecule has 0 saturated heterocycles. The number of nitrogens with zero attached hydrogens (tertiary/aromatic N) is 3. The Hall–Kier alpha value is -2.14. The molecule has 0 saturated carbocycles. The van der Waals surface area contributed by atoms with Gasteiger partial charge in [0.2, 0.25) is 0 Å². The molecule has 0 radical (unpaired) electrons. The normalized spacial score (nSPS) is 10.8. The number of imidazole rings is 1. The van der Waals surface area contributed by atoms with Crippen LogP contribution in [0, 0.1) is 6.92 Å². The lowest BCUT2D eigenvalue weighted by Crippen LogP contribution is -1.98. The molecule has 0 aliphatic rings. The number of aryl methyl sites for hydroxylation is 1. The van der Waals surface area contributed by atoms with Gasteiger partial charge in [-0.3, -0.25) is 0 Å². The molecule has 3 aromatic rings. The molecule has 0 aliphatic carbocycles. The fourth-order valence-electron chi connectivity index (χ4n) is 1.74. The maximum atomic E-state index is 5.95. The molecule has 1 aromatic carbocycles. The maximum absolute atomic E-state index is 5.95. The van der Waals surface area contributed by atoms with E-state index in [-0.39, 0.29) is 0 Å². The summed E-state index contributed by atoms with van der Waals surface area (Å²) in [5.41, 5.74) is 2.30. The second kappa shape index (κ2) is 4.27. The molecule has 0 amide bonds. The van der Waals surface area contributed by atoms with E-state index < -0.39 is 0 Å². The van der Waals surface area contributed by atoms with Gasteiger partial charge in [-0.15, -0.1) is 0 Å². The number of H-pyrrole nitrogens is 1. The minimum atomic E-state index is 0.645. The van der Waals surface area contributed by atoms with Crippen molar-refractivity contribution in [1.82, 2.24) is 19.9 Å². The Morgan fingerprint density at radius 1 is 1.28 bits per heavy atom. The van der Waals surface area contributed by atoms with Crippen LogP contribution >= 0.6 is 11.6 Å². The number of benzene rings is 1. The molecule has 6 heteroatoms. The molecule has 3 rings (SSSR count). The minimum Gasteiger partial charge on any atom is -0.340 e. The SMILES string of the molecule is Cc1nc(Nc2cccc(Cl)c2)c2[nH]cnc2n1. The fourth-order valence-corrected chi connectivity index (χ4v) is 1.93. The summed E-state index contributed by atoms with van der Waals surface area (Å²) in [6.07, 6.45) is 1.60. The van der Waals surface area contributed by atoms with Crippen molar-refractivity contribution < 1.29 is 0 Å². The molecular weight excluding hydrogens is 250 g/mol. The van der Waals surface area contributed by atoms with Crippen LogP contribution in [0.1, 0.15) is 5.82 Å². The van der Waals surface area contributed by atoms with E-state index in [1.807, 2.05) is 31.2 Å². The predicted molar refractivity (Wildman–Crippen MR) is 71.2 cm³/mol. The number of aromatic nitrogens is 4. The van der Waals surface area contributed by atoms with Crippen molar-refractivity contribution in [2.24, 2.45) is 0 Å². The van der Waals surface area contributed by atoms with Gasteiger partial charge in [0, 0.05) is 10.7 Å². The van der Waals surface area contributed by atoms with Gasteiger partial charge in [-0.05, 0) is 25.1 Å². The Morgan fingerprint density at radius 2 is 2.17 bits per heavy atom. The number of nitrogens with one attached hydrogen (secondary N) is 2. The van der Waals surface area contributed by atoms with Crippen molar-refractivity contribution in [2.75, 3.05) is 5.32 Å². The van der Waals surface area contributed by atoms with Crippen molar-refractivity contribution in [2.45, 2.75) is 6.92 Å². The lowest BCUT2D eigenvalue weighted by molar-refractivity contribution is 1.08. The number of fused-ring (bicyclic) bond motifs is 1. The average molecular weight is 260 g/mol. The molecule has 5 nitrogen and oxygen atoms in total. The predicted octanol–water partition coefficient (Wildman–Crippen LogP) is 3.06. The summed E-state index contributed by atoms with van der Waals surface area (Å²) >= 11 is 5.95. The van der Waals surface area contributed by atoms with Crippen molar-refractivity contribution in [3.8, 4) is 0 Å². The molecular formula is C12H10ClN5. The zero-order chi connectivity index (χ0) is 12.5. The number of halogens is 1. The highest BCUT2D eigenvalue weighted by molar-refractivity contribution is 6.30. The van der Waals surface area contributed by atoms with E-state index in [0.29, 0.717) is 22.3 Å². The summed E-state index contributed by atoms with van der Waals surface area (Å²) in [5.74, 6) is 1.36. The van der Waals surface area contributed by atoms with E-state index in [2.05, 4.69) is 25.3 Å². The molecule has 0 spiro atoms. The van der Waals surface area contributed by atoms with Crippen molar-refractivity contribution in [1.29, 1.82) is 0 Å². The second-order valence-corrected chi connectivity index (χ2v) is 4.29. The largest absolute Gasteiger partial charge is 0.340 e. The first-order chi connectivity index (χ1) is 8.72. The Balaban J connectivity index is 2.06. The van der Waals surface area contributed by atoms with Crippen LogP contribution in [0.3, 0.4) is 0 Å². The Bertz CT molecular complexity index is 707.